The second-order valence-electron chi connectivity index (χ2n) is 4.80. The SMILES string of the molecule is COC(=O)c1ccc(N)c(OC(C)CC(C)C)c1. The minimum Gasteiger partial charge on any atom is -0.489 e. The van der Waals surface area contributed by atoms with Gasteiger partial charge in [0.1, 0.15) is 5.75 Å². The molecule has 18 heavy (non-hydrogen) atoms. The highest BCUT2D eigenvalue weighted by molar-refractivity contribution is 5.90. The van der Waals surface area contributed by atoms with Crippen molar-refractivity contribution in [2.75, 3.05) is 12.8 Å². The lowest BCUT2D eigenvalue weighted by atomic mass is 10.1. The van der Waals surface area contributed by atoms with E-state index in [9.17, 15) is 4.79 Å². The zero-order valence-electron chi connectivity index (χ0n) is 11.4. The fourth-order valence-electron chi connectivity index (χ4n) is 1.81. The van der Waals surface area contributed by atoms with Gasteiger partial charge in [-0.15, -0.1) is 0 Å². The number of benzene rings is 1. The number of nitrogen functional groups attached to an aromatic ring is 1. The van der Waals surface area contributed by atoms with E-state index in [1.165, 1.54) is 7.11 Å². The first-order valence-electron chi connectivity index (χ1n) is 6.08. The maximum absolute atomic E-state index is 11.4. The van der Waals surface area contributed by atoms with Crippen molar-refractivity contribution in [2.24, 2.45) is 5.92 Å². The van der Waals surface area contributed by atoms with Crippen LogP contribution in [0.2, 0.25) is 0 Å². The van der Waals surface area contributed by atoms with Crippen molar-refractivity contribution < 1.29 is 14.3 Å². The summed E-state index contributed by atoms with van der Waals surface area (Å²) in [6, 6.07) is 4.91. The summed E-state index contributed by atoms with van der Waals surface area (Å²) in [5, 5.41) is 0. The number of hydrogen-bond acceptors (Lipinski definition) is 4. The first kappa shape index (κ1) is 14.4. The second kappa shape index (κ2) is 6.28. The van der Waals surface area contributed by atoms with Crippen LogP contribution in [0.25, 0.3) is 0 Å². The molecule has 100 valence electrons. The van der Waals surface area contributed by atoms with Crippen LogP contribution in [0.5, 0.6) is 5.75 Å². The van der Waals surface area contributed by atoms with Gasteiger partial charge in [-0.1, -0.05) is 13.8 Å². The molecule has 1 rings (SSSR count). The lowest BCUT2D eigenvalue weighted by Crippen LogP contribution is -2.15. The van der Waals surface area contributed by atoms with Gasteiger partial charge in [0.25, 0.3) is 0 Å². The summed E-state index contributed by atoms with van der Waals surface area (Å²) in [6.45, 7) is 6.26. The molecule has 0 fully saturated rings. The largest absolute Gasteiger partial charge is 0.489 e. The summed E-state index contributed by atoms with van der Waals surface area (Å²) in [6.07, 6.45) is 0.988. The molecule has 0 spiro atoms. The third-order valence-corrected chi connectivity index (χ3v) is 2.57. The van der Waals surface area contributed by atoms with Crippen LogP contribution >= 0.6 is 0 Å². The first-order valence-corrected chi connectivity index (χ1v) is 6.08. The first-order chi connectivity index (χ1) is 8.43. The van der Waals surface area contributed by atoms with Gasteiger partial charge in [-0.3, -0.25) is 0 Å². The Morgan fingerprint density at radius 3 is 2.56 bits per heavy atom. The number of hydrogen-bond donors (Lipinski definition) is 1. The molecule has 2 N–H and O–H groups in total. The predicted molar refractivity (Wildman–Crippen MR) is 71.7 cm³/mol. The van der Waals surface area contributed by atoms with E-state index in [2.05, 4.69) is 18.6 Å². The van der Waals surface area contributed by atoms with Gasteiger partial charge in [-0.05, 0) is 37.5 Å². The van der Waals surface area contributed by atoms with E-state index in [0.29, 0.717) is 22.9 Å². The Morgan fingerprint density at radius 2 is 2.00 bits per heavy atom. The summed E-state index contributed by atoms with van der Waals surface area (Å²) >= 11 is 0. The maximum atomic E-state index is 11.4. The Labute approximate surface area is 108 Å². The Bertz CT molecular complexity index is 416. The van der Waals surface area contributed by atoms with Crippen LogP contribution in [0.3, 0.4) is 0 Å². The number of carbonyl (C=O) groups is 1. The van der Waals surface area contributed by atoms with Crippen molar-refractivity contribution in [1.29, 1.82) is 0 Å². The minimum absolute atomic E-state index is 0.0557. The van der Waals surface area contributed by atoms with Crippen LogP contribution in [-0.4, -0.2) is 19.2 Å². The van der Waals surface area contributed by atoms with Gasteiger partial charge in [0.05, 0.1) is 24.5 Å². The molecule has 0 saturated heterocycles. The molecule has 4 nitrogen and oxygen atoms in total. The number of esters is 1. The van der Waals surface area contributed by atoms with Crippen molar-refractivity contribution in [3.05, 3.63) is 23.8 Å². The molecule has 1 aromatic carbocycles. The average Bonchev–Trinajstić information content (AvgIpc) is 2.30. The standard InChI is InChI=1S/C14H21NO3/c1-9(2)7-10(3)18-13-8-11(14(16)17-4)5-6-12(13)15/h5-6,8-10H,7,15H2,1-4H3. The maximum Gasteiger partial charge on any atom is 0.337 e. The molecule has 0 aliphatic carbocycles. The van der Waals surface area contributed by atoms with Crippen molar-refractivity contribution >= 4 is 11.7 Å². The lowest BCUT2D eigenvalue weighted by molar-refractivity contribution is 0.0600. The number of carbonyl (C=O) groups excluding carboxylic acids is 1. The van der Waals surface area contributed by atoms with E-state index < -0.39 is 5.97 Å². The Kier molecular flexibility index (Phi) is 5.01. The van der Waals surface area contributed by atoms with E-state index in [4.69, 9.17) is 10.5 Å². The molecule has 1 unspecified atom stereocenters. The third kappa shape index (κ3) is 3.95. The lowest BCUT2D eigenvalue weighted by Gasteiger charge is -2.18. The van der Waals surface area contributed by atoms with Crippen LogP contribution in [0.1, 0.15) is 37.6 Å². The van der Waals surface area contributed by atoms with Gasteiger partial charge < -0.3 is 15.2 Å². The van der Waals surface area contributed by atoms with Gasteiger partial charge in [0, 0.05) is 0 Å². The molecule has 0 aromatic heterocycles. The number of nitrogens with two attached hydrogens (primary N) is 1. The van der Waals surface area contributed by atoms with E-state index in [0.717, 1.165) is 6.42 Å². The van der Waals surface area contributed by atoms with E-state index in [-0.39, 0.29) is 6.10 Å². The van der Waals surface area contributed by atoms with Crippen LogP contribution in [0.15, 0.2) is 18.2 Å². The second-order valence-corrected chi connectivity index (χ2v) is 4.80. The van der Waals surface area contributed by atoms with Crippen LogP contribution in [0.4, 0.5) is 5.69 Å². The van der Waals surface area contributed by atoms with Gasteiger partial charge in [-0.2, -0.15) is 0 Å². The van der Waals surface area contributed by atoms with Gasteiger partial charge in [0.15, 0.2) is 0 Å². The molecule has 0 radical (unpaired) electrons. The topological polar surface area (TPSA) is 61.5 Å². The van der Waals surface area contributed by atoms with Crippen LogP contribution in [-0.2, 0) is 4.74 Å². The summed E-state index contributed by atoms with van der Waals surface area (Å²) in [7, 11) is 1.35. The molecule has 0 aliphatic rings. The molecular weight excluding hydrogens is 230 g/mol. The highest BCUT2D eigenvalue weighted by atomic mass is 16.5. The fourth-order valence-corrected chi connectivity index (χ4v) is 1.81. The van der Waals surface area contributed by atoms with Gasteiger partial charge in [-0.25, -0.2) is 4.79 Å². The fraction of sp³-hybridized carbons (Fsp3) is 0.500. The van der Waals surface area contributed by atoms with Crippen LogP contribution in [0, 0.1) is 5.92 Å². The number of anilines is 1. The van der Waals surface area contributed by atoms with Crippen LogP contribution < -0.4 is 10.5 Å². The number of rotatable bonds is 5. The minimum atomic E-state index is -0.392. The molecule has 0 amide bonds. The molecule has 1 aromatic rings. The third-order valence-electron chi connectivity index (χ3n) is 2.57. The summed E-state index contributed by atoms with van der Waals surface area (Å²) in [5.41, 5.74) is 6.80. The molecule has 4 heteroatoms. The Balaban J connectivity index is 2.84. The van der Waals surface area contributed by atoms with E-state index in [1.807, 2.05) is 6.92 Å². The van der Waals surface area contributed by atoms with E-state index >= 15 is 0 Å². The van der Waals surface area contributed by atoms with Crippen molar-refractivity contribution in [3.8, 4) is 5.75 Å². The normalized spacial score (nSPS) is 12.3. The van der Waals surface area contributed by atoms with Crippen molar-refractivity contribution in [1.82, 2.24) is 0 Å². The van der Waals surface area contributed by atoms with Gasteiger partial charge >= 0.3 is 5.97 Å². The zero-order valence-corrected chi connectivity index (χ0v) is 11.4. The predicted octanol–water partition coefficient (Wildman–Crippen LogP) is 2.87. The van der Waals surface area contributed by atoms with E-state index in [1.54, 1.807) is 18.2 Å². The molecule has 0 heterocycles. The highest BCUT2D eigenvalue weighted by Gasteiger charge is 2.12. The highest BCUT2D eigenvalue weighted by Crippen LogP contribution is 2.25. The summed E-state index contributed by atoms with van der Waals surface area (Å²) in [4.78, 5) is 11.4. The number of ether oxygens (including phenoxy) is 2. The smallest absolute Gasteiger partial charge is 0.337 e. The molecular formula is C14H21NO3. The zero-order chi connectivity index (χ0) is 13.7. The quantitative estimate of drug-likeness (QED) is 0.645. The average molecular weight is 251 g/mol. The Hall–Kier alpha value is -1.71. The van der Waals surface area contributed by atoms with Crippen molar-refractivity contribution in [3.63, 3.8) is 0 Å². The molecule has 0 bridgehead atoms. The molecule has 0 aliphatic heterocycles. The molecule has 0 saturated carbocycles. The summed E-state index contributed by atoms with van der Waals surface area (Å²) < 4.78 is 10.4. The monoisotopic (exact) mass is 251 g/mol. The number of methoxy groups -OCH3 is 1. The molecule has 1 atom stereocenters. The van der Waals surface area contributed by atoms with Crippen molar-refractivity contribution in [2.45, 2.75) is 33.3 Å². The van der Waals surface area contributed by atoms with Gasteiger partial charge in [0.2, 0.25) is 0 Å². The Morgan fingerprint density at radius 1 is 1.33 bits per heavy atom. The summed E-state index contributed by atoms with van der Waals surface area (Å²) in [5.74, 6) is 0.687.